The summed E-state index contributed by atoms with van der Waals surface area (Å²) in [5, 5.41) is 4.24. The Hall–Kier alpha value is -1.91. The molecule has 3 rings (SSSR count). The van der Waals surface area contributed by atoms with Crippen molar-refractivity contribution < 1.29 is 4.79 Å². The van der Waals surface area contributed by atoms with Crippen molar-refractivity contribution in [1.82, 2.24) is 4.90 Å². The lowest BCUT2D eigenvalue weighted by Gasteiger charge is -2.17. The predicted octanol–water partition coefficient (Wildman–Crippen LogP) is 4.56. The number of benzene rings is 2. The summed E-state index contributed by atoms with van der Waals surface area (Å²) in [6, 6.07) is 10.5. The topological polar surface area (TPSA) is 58.4 Å². The molecule has 1 aliphatic heterocycles. The summed E-state index contributed by atoms with van der Waals surface area (Å²) in [7, 11) is 0. The summed E-state index contributed by atoms with van der Waals surface area (Å²) in [5.74, 6) is 0.0327. The van der Waals surface area contributed by atoms with Crippen molar-refractivity contribution in [3.8, 4) is 0 Å². The Morgan fingerprint density at radius 2 is 1.74 bits per heavy atom. The van der Waals surface area contributed by atoms with Crippen molar-refractivity contribution in [2.75, 3.05) is 24.1 Å². The molecule has 3 N–H and O–H groups in total. The van der Waals surface area contributed by atoms with Crippen LogP contribution in [0.25, 0.3) is 0 Å². The second kappa shape index (κ2) is 6.69. The average molecular weight is 350 g/mol. The number of carbonyl (C=O) groups excluding carboxylic acids is 1. The summed E-state index contributed by atoms with van der Waals surface area (Å²) >= 11 is 12.0. The third kappa shape index (κ3) is 3.54. The first-order valence-electron chi connectivity index (χ1n) is 7.45. The van der Waals surface area contributed by atoms with Crippen LogP contribution >= 0.6 is 23.2 Å². The predicted molar refractivity (Wildman–Crippen MR) is 95.7 cm³/mol. The van der Waals surface area contributed by atoms with Crippen LogP contribution < -0.4 is 11.1 Å². The minimum Gasteiger partial charge on any atom is -0.397 e. The van der Waals surface area contributed by atoms with Crippen LogP contribution in [0.4, 0.5) is 17.1 Å². The van der Waals surface area contributed by atoms with Gasteiger partial charge in [0.2, 0.25) is 0 Å². The molecule has 1 saturated heterocycles. The summed E-state index contributed by atoms with van der Waals surface area (Å²) in [4.78, 5) is 14.2. The van der Waals surface area contributed by atoms with E-state index in [4.69, 9.17) is 28.9 Å². The molecule has 0 unspecified atom stereocenters. The van der Waals surface area contributed by atoms with Gasteiger partial charge in [-0.3, -0.25) is 4.79 Å². The van der Waals surface area contributed by atoms with Crippen LogP contribution in [0.3, 0.4) is 0 Å². The normalized spacial score (nSPS) is 14.1. The molecule has 0 spiro atoms. The average Bonchev–Trinajstić information content (AvgIpc) is 3.05. The maximum absolute atomic E-state index is 12.4. The number of nitrogens with two attached hydrogens (primary N) is 1. The Balaban J connectivity index is 1.80. The van der Waals surface area contributed by atoms with E-state index in [9.17, 15) is 4.79 Å². The van der Waals surface area contributed by atoms with Crippen LogP contribution in [0.2, 0.25) is 10.0 Å². The summed E-state index contributed by atoms with van der Waals surface area (Å²) in [5.41, 5.74) is 8.60. The zero-order chi connectivity index (χ0) is 16.4. The summed E-state index contributed by atoms with van der Waals surface area (Å²) < 4.78 is 0. The third-order valence-corrected chi connectivity index (χ3v) is 4.44. The van der Waals surface area contributed by atoms with Gasteiger partial charge >= 0.3 is 0 Å². The number of hydrogen-bond donors (Lipinski definition) is 2. The first kappa shape index (κ1) is 16.0. The molecule has 1 heterocycles. The third-order valence-electron chi connectivity index (χ3n) is 3.89. The SMILES string of the molecule is Nc1cc(C(=O)N2CCCC2)ccc1Nc1ccc(Cl)cc1Cl. The molecule has 1 aliphatic rings. The molecule has 0 aromatic heterocycles. The number of likely N-dealkylation sites (tertiary alicyclic amines) is 1. The highest BCUT2D eigenvalue weighted by Gasteiger charge is 2.20. The Kier molecular flexibility index (Phi) is 4.64. The molecule has 0 atom stereocenters. The zero-order valence-corrected chi connectivity index (χ0v) is 14.0. The fourth-order valence-electron chi connectivity index (χ4n) is 2.65. The first-order valence-corrected chi connectivity index (χ1v) is 8.21. The van der Waals surface area contributed by atoms with Gasteiger partial charge in [-0.05, 0) is 49.2 Å². The number of nitrogens with one attached hydrogen (secondary N) is 1. The molecule has 120 valence electrons. The maximum atomic E-state index is 12.4. The molecule has 6 heteroatoms. The Bertz CT molecular complexity index is 743. The highest BCUT2D eigenvalue weighted by molar-refractivity contribution is 6.36. The van der Waals surface area contributed by atoms with Crippen molar-refractivity contribution in [2.45, 2.75) is 12.8 Å². The van der Waals surface area contributed by atoms with E-state index in [0.29, 0.717) is 32.7 Å². The van der Waals surface area contributed by atoms with Crippen LogP contribution in [0.15, 0.2) is 36.4 Å². The highest BCUT2D eigenvalue weighted by Crippen LogP contribution is 2.31. The Morgan fingerprint density at radius 1 is 1.04 bits per heavy atom. The lowest BCUT2D eigenvalue weighted by atomic mass is 10.1. The molecular formula is C17H17Cl2N3O. The van der Waals surface area contributed by atoms with Crippen molar-refractivity contribution >= 4 is 46.2 Å². The molecule has 2 aromatic rings. The number of amides is 1. The second-order valence-electron chi connectivity index (χ2n) is 5.55. The molecule has 2 aromatic carbocycles. The van der Waals surface area contributed by atoms with Crippen LogP contribution in [0, 0.1) is 0 Å². The highest BCUT2D eigenvalue weighted by atomic mass is 35.5. The number of nitrogens with zero attached hydrogens (tertiary/aromatic N) is 1. The van der Waals surface area contributed by atoms with Gasteiger partial charge in [0.05, 0.1) is 22.1 Å². The van der Waals surface area contributed by atoms with E-state index in [-0.39, 0.29) is 5.91 Å². The van der Waals surface area contributed by atoms with E-state index < -0.39 is 0 Å². The van der Waals surface area contributed by atoms with Crippen LogP contribution in [0.1, 0.15) is 23.2 Å². The molecule has 1 fully saturated rings. The van der Waals surface area contributed by atoms with Crippen molar-refractivity contribution in [1.29, 1.82) is 0 Å². The number of nitrogen functional groups attached to an aromatic ring is 1. The standard InChI is InChI=1S/C17H17Cl2N3O/c18-12-4-6-15(13(19)10-12)21-16-5-3-11(9-14(16)20)17(23)22-7-1-2-8-22/h3-6,9-10,21H,1-2,7-8,20H2. The van der Waals surface area contributed by atoms with E-state index in [1.165, 1.54) is 0 Å². The number of anilines is 3. The van der Waals surface area contributed by atoms with Gasteiger partial charge in [0.1, 0.15) is 0 Å². The van der Waals surface area contributed by atoms with Crippen molar-refractivity contribution in [3.05, 3.63) is 52.0 Å². The minimum atomic E-state index is 0.0327. The molecular weight excluding hydrogens is 333 g/mol. The molecule has 1 amide bonds. The van der Waals surface area contributed by atoms with Crippen molar-refractivity contribution in [3.63, 3.8) is 0 Å². The molecule has 0 aliphatic carbocycles. The fraction of sp³-hybridized carbons (Fsp3) is 0.235. The summed E-state index contributed by atoms with van der Waals surface area (Å²) in [6.45, 7) is 1.64. The maximum Gasteiger partial charge on any atom is 0.253 e. The van der Waals surface area contributed by atoms with E-state index in [1.54, 1.807) is 36.4 Å². The number of hydrogen-bond acceptors (Lipinski definition) is 3. The van der Waals surface area contributed by atoms with Gasteiger partial charge in [-0.1, -0.05) is 23.2 Å². The number of rotatable bonds is 3. The minimum absolute atomic E-state index is 0.0327. The molecule has 0 saturated carbocycles. The van der Waals surface area contributed by atoms with Gasteiger partial charge < -0.3 is 16.0 Å². The zero-order valence-electron chi connectivity index (χ0n) is 12.5. The van der Waals surface area contributed by atoms with E-state index in [0.717, 1.165) is 25.9 Å². The van der Waals surface area contributed by atoms with E-state index in [2.05, 4.69) is 5.32 Å². The van der Waals surface area contributed by atoms with Gasteiger partial charge in [0, 0.05) is 23.7 Å². The lowest BCUT2D eigenvalue weighted by Crippen LogP contribution is -2.27. The van der Waals surface area contributed by atoms with Crippen molar-refractivity contribution in [2.24, 2.45) is 0 Å². The van der Waals surface area contributed by atoms with Gasteiger partial charge in [-0.2, -0.15) is 0 Å². The van der Waals surface area contributed by atoms with Gasteiger partial charge in [0.25, 0.3) is 5.91 Å². The molecule has 4 nitrogen and oxygen atoms in total. The Morgan fingerprint density at radius 3 is 2.39 bits per heavy atom. The molecule has 23 heavy (non-hydrogen) atoms. The summed E-state index contributed by atoms with van der Waals surface area (Å²) in [6.07, 6.45) is 2.13. The van der Waals surface area contributed by atoms with Gasteiger partial charge in [0.15, 0.2) is 0 Å². The second-order valence-corrected chi connectivity index (χ2v) is 6.39. The smallest absolute Gasteiger partial charge is 0.253 e. The van der Waals surface area contributed by atoms with Crippen LogP contribution in [-0.2, 0) is 0 Å². The largest absolute Gasteiger partial charge is 0.397 e. The quantitative estimate of drug-likeness (QED) is 0.798. The molecule has 0 radical (unpaired) electrons. The molecule has 0 bridgehead atoms. The first-order chi connectivity index (χ1) is 11.0. The van der Waals surface area contributed by atoms with Gasteiger partial charge in [-0.15, -0.1) is 0 Å². The Labute approximate surface area is 145 Å². The van der Waals surface area contributed by atoms with E-state index in [1.807, 2.05) is 4.90 Å². The van der Waals surface area contributed by atoms with Crippen LogP contribution in [-0.4, -0.2) is 23.9 Å². The fourth-order valence-corrected chi connectivity index (χ4v) is 3.10. The van der Waals surface area contributed by atoms with Crippen LogP contribution in [0.5, 0.6) is 0 Å². The number of carbonyl (C=O) groups is 1. The van der Waals surface area contributed by atoms with Gasteiger partial charge in [-0.25, -0.2) is 0 Å². The number of halogens is 2. The lowest BCUT2D eigenvalue weighted by molar-refractivity contribution is 0.0793. The van der Waals surface area contributed by atoms with E-state index >= 15 is 0 Å². The monoisotopic (exact) mass is 349 g/mol.